The summed E-state index contributed by atoms with van der Waals surface area (Å²) in [5, 5.41) is 7.89. The van der Waals surface area contributed by atoms with Crippen LogP contribution in [0.25, 0.3) is 0 Å². The summed E-state index contributed by atoms with van der Waals surface area (Å²) in [7, 11) is 3.48. The van der Waals surface area contributed by atoms with Crippen molar-refractivity contribution in [3.63, 3.8) is 0 Å². The number of amides is 3. The molecule has 0 atom stereocenters. The first-order valence-electron chi connectivity index (χ1n) is 7.27. The molecular weight excluding hydrogens is 287 g/mol. The quantitative estimate of drug-likeness (QED) is 0.790. The minimum absolute atomic E-state index is 0.0976. The van der Waals surface area contributed by atoms with E-state index in [2.05, 4.69) is 27.9 Å². The Labute approximate surface area is 129 Å². The molecule has 0 aliphatic carbocycles. The third-order valence-corrected chi connectivity index (χ3v) is 3.75. The summed E-state index contributed by atoms with van der Waals surface area (Å²) in [4.78, 5) is 25.7. The normalized spacial score (nSPS) is 16.1. The maximum Gasteiger partial charge on any atom is 0.319 e. The lowest BCUT2D eigenvalue weighted by atomic mass is 10.1. The molecule has 1 fully saturated rings. The number of hydrogen-bond acceptors (Lipinski definition) is 3. The minimum atomic E-state index is -0.624. The summed E-state index contributed by atoms with van der Waals surface area (Å²) in [5.74, 6) is -1.16. The molecule has 1 aliphatic heterocycles. The smallest absolute Gasteiger partial charge is 0.319 e. The predicted octanol–water partition coefficient (Wildman–Crippen LogP) is 1.40. The Morgan fingerprint density at radius 2 is 1.95 bits per heavy atom. The van der Waals surface area contributed by atoms with Crippen molar-refractivity contribution < 1.29 is 14.0 Å². The SMILES string of the molecule is CNC(=O)c1cc(NC(=O)NC2CCN(C)CC2)ccc1F. The number of likely N-dealkylation sites (tertiary alicyclic amines) is 1. The van der Waals surface area contributed by atoms with Crippen LogP contribution < -0.4 is 16.0 Å². The Morgan fingerprint density at radius 1 is 1.27 bits per heavy atom. The summed E-state index contributed by atoms with van der Waals surface area (Å²) >= 11 is 0. The molecule has 7 heteroatoms. The van der Waals surface area contributed by atoms with Gasteiger partial charge >= 0.3 is 6.03 Å². The lowest BCUT2D eigenvalue weighted by Crippen LogP contribution is -2.44. The van der Waals surface area contributed by atoms with Gasteiger partial charge in [0.25, 0.3) is 5.91 Å². The number of carbonyl (C=O) groups excluding carboxylic acids is 2. The number of piperidine rings is 1. The van der Waals surface area contributed by atoms with E-state index < -0.39 is 11.7 Å². The molecule has 1 aromatic carbocycles. The second-order valence-electron chi connectivity index (χ2n) is 5.45. The van der Waals surface area contributed by atoms with Crippen molar-refractivity contribution in [1.29, 1.82) is 0 Å². The van der Waals surface area contributed by atoms with Crippen LogP contribution in [0.4, 0.5) is 14.9 Å². The summed E-state index contributed by atoms with van der Waals surface area (Å²) in [6.45, 7) is 1.89. The van der Waals surface area contributed by atoms with Crippen molar-refractivity contribution >= 4 is 17.6 Å². The van der Waals surface area contributed by atoms with Crippen LogP contribution in [-0.4, -0.2) is 50.1 Å². The van der Waals surface area contributed by atoms with E-state index in [1.807, 2.05) is 0 Å². The number of carbonyl (C=O) groups is 2. The van der Waals surface area contributed by atoms with E-state index in [0.717, 1.165) is 32.0 Å². The molecule has 0 bridgehead atoms. The third-order valence-electron chi connectivity index (χ3n) is 3.75. The van der Waals surface area contributed by atoms with Crippen LogP contribution in [0, 0.1) is 5.82 Å². The van der Waals surface area contributed by atoms with Crippen molar-refractivity contribution in [2.45, 2.75) is 18.9 Å². The second kappa shape index (κ2) is 7.22. The van der Waals surface area contributed by atoms with Gasteiger partial charge in [-0.1, -0.05) is 0 Å². The van der Waals surface area contributed by atoms with Crippen LogP contribution >= 0.6 is 0 Å². The zero-order valence-electron chi connectivity index (χ0n) is 12.8. The van der Waals surface area contributed by atoms with Crippen LogP contribution in [0.15, 0.2) is 18.2 Å². The van der Waals surface area contributed by atoms with Crippen LogP contribution in [0.2, 0.25) is 0 Å². The van der Waals surface area contributed by atoms with Crippen LogP contribution in [0.1, 0.15) is 23.2 Å². The standard InChI is InChI=1S/C15H21FN4O2/c1-17-14(21)12-9-11(3-4-13(12)16)19-15(22)18-10-5-7-20(2)8-6-10/h3-4,9-10H,5-8H2,1-2H3,(H,17,21)(H2,18,19,22). The molecule has 0 radical (unpaired) electrons. The van der Waals surface area contributed by atoms with Gasteiger partial charge in [0.1, 0.15) is 5.82 Å². The van der Waals surface area contributed by atoms with Crippen LogP contribution in [0.3, 0.4) is 0 Å². The van der Waals surface area contributed by atoms with Gasteiger partial charge in [0.15, 0.2) is 0 Å². The number of nitrogens with zero attached hydrogens (tertiary/aromatic N) is 1. The number of benzene rings is 1. The van der Waals surface area contributed by atoms with Crippen molar-refractivity contribution in [1.82, 2.24) is 15.5 Å². The van der Waals surface area contributed by atoms with Crippen molar-refractivity contribution in [3.8, 4) is 0 Å². The van der Waals surface area contributed by atoms with Crippen LogP contribution in [0.5, 0.6) is 0 Å². The highest BCUT2D eigenvalue weighted by atomic mass is 19.1. The first kappa shape index (κ1) is 16.2. The van der Waals surface area contributed by atoms with Gasteiger partial charge in [-0.15, -0.1) is 0 Å². The first-order valence-corrected chi connectivity index (χ1v) is 7.27. The zero-order chi connectivity index (χ0) is 16.1. The molecule has 120 valence electrons. The molecule has 1 aliphatic rings. The number of rotatable bonds is 3. The van der Waals surface area contributed by atoms with E-state index in [4.69, 9.17) is 0 Å². The lowest BCUT2D eigenvalue weighted by Gasteiger charge is -2.29. The van der Waals surface area contributed by atoms with E-state index in [1.165, 1.54) is 19.2 Å². The van der Waals surface area contributed by atoms with E-state index in [1.54, 1.807) is 0 Å². The van der Waals surface area contributed by atoms with Gasteiger partial charge in [0.05, 0.1) is 5.56 Å². The number of nitrogens with one attached hydrogen (secondary N) is 3. The lowest BCUT2D eigenvalue weighted by molar-refractivity contribution is 0.0959. The molecule has 22 heavy (non-hydrogen) atoms. The van der Waals surface area contributed by atoms with Gasteiger partial charge in [-0.3, -0.25) is 4.79 Å². The van der Waals surface area contributed by atoms with E-state index in [9.17, 15) is 14.0 Å². The van der Waals surface area contributed by atoms with Gasteiger partial charge in [-0.25, -0.2) is 9.18 Å². The van der Waals surface area contributed by atoms with Crippen molar-refractivity contribution in [2.24, 2.45) is 0 Å². The van der Waals surface area contributed by atoms with Crippen molar-refractivity contribution in [3.05, 3.63) is 29.6 Å². The number of hydrogen-bond donors (Lipinski definition) is 3. The van der Waals surface area contributed by atoms with E-state index in [-0.39, 0.29) is 17.6 Å². The maximum absolute atomic E-state index is 13.6. The second-order valence-corrected chi connectivity index (χ2v) is 5.45. The highest BCUT2D eigenvalue weighted by Gasteiger charge is 2.19. The fourth-order valence-corrected chi connectivity index (χ4v) is 2.42. The highest BCUT2D eigenvalue weighted by Crippen LogP contribution is 2.15. The summed E-state index contributed by atoms with van der Waals surface area (Å²) < 4.78 is 13.6. The number of urea groups is 1. The van der Waals surface area contributed by atoms with E-state index in [0.29, 0.717) is 5.69 Å². The molecule has 1 aromatic rings. The van der Waals surface area contributed by atoms with Gasteiger partial charge in [-0.05, 0) is 51.2 Å². The summed E-state index contributed by atoms with van der Waals surface area (Å²) in [6, 6.07) is 3.70. The molecule has 3 amide bonds. The monoisotopic (exact) mass is 308 g/mol. The average molecular weight is 308 g/mol. The molecule has 0 spiro atoms. The molecule has 2 rings (SSSR count). The minimum Gasteiger partial charge on any atom is -0.355 e. The van der Waals surface area contributed by atoms with Crippen molar-refractivity contribution in [2.75, 3.05) is 32.5 Å². The molecule has 3 N–H and O–H groups in total. The predicted molar refractivity (Wildman–Crippen MR) is 82.5 cm³/mol. The largest absolute Gasteiger partial charge is 0.355 e. The fourth-order valence-electron chi connectivity index (χ4n) is 2.42. The topological polar surface area (TPSA) is 73.5 Å². The molecule has 1 heterocycles. The van der Waals surface area contributed by atoms with Gasteiger partial charge in [0, 0.05) is 18.8 Å². The Kier molecular flexibility index (Phi) is 5.32. The molecule has 6 nitrogen and oxygen atoms in total. The fraction of sp³-hybridized carbons (Fsp3) is 0.467. The molecule has 0 aromatic heterocycles. The molecule has 0 saturated carbocycles. The zero-order valence-corrected chi connectivity index (χ0v) is 12.8. The first-order chi connectivity index (χ1) is 10.5. The van der Waals surface area contributed by atoms with Gasteiger partial charge in [-0.2, -0.15) is 0 Å². The molecule has 1 saturated heterocycles. The van der Waals surface area contributed by atoms with E-state index >= 15 is 0 Å². The Morgan fingerprint density at radius 3 is 2.59 bits per heavy atom. The highest BCUT2D eigenvalue weighted by molar-refractivity contribution is 5.97. The average Bonchev–Trinajstić information content (AvgIpc) is 2.50. The maximum atomic E-state index is 13.6. The number of anilines is 1. The Balaban J connectivity index is 1.95. The van der Waals surface area contributed by atoms with Gasteiger partial charge in [0.2, 0.25) is 0 Å². The van der Waals surface area contributed by atoms with Crippen LogP contribution in [-0.2, 0) is 0 Å². The summed E-state index contributed by atoms with van der Waals surface area (Å²) in [6.07, 6.45) is 1.80. The molecular formula is C15H21FN4O2. The summed E-state index contributed by atoms with van der Waals surface area (Å²) in [5.41, 5.74) is 0.282. The Hall–Kier alpha value is -2.15. The van der Waals surface area contributed by atoms with Gasteiger partial charge < -0.3 is 20.9 Å². The Bertz CT molecular complexity index is 556. The number of halogens is 1. The molecule has 0 unspecified atom stereocenters. The third kappa shape index (κ3) is 4.17.